The average molecular weight is 358 g/mol. The minimum Gasteiger partial charge on any atom is -0.478 e. The first-order valence-electron chi connectivity index (χ1n) is 7.71. The summed E-state index contributed by atoms with van der Waals surface area (Å²) in [5.41, 5.74) is 2.78. The number of thioether (sulfide) groups is 2. The van der Waals surface area contributed by atoms with Gasteiger partial charge in [0.2, 0.25) is 0 Å². The van der Waals surface area contributed by atoms with Crippen LogP contribution in [0.15, 0.2) is 52.8 Å². The highest BCUT2D eigenvalue weighted by Gasteiger charge is 2.11. The maximum Gasteiger partial charge on any atom is 0.335 e. The number of carbonyl (C=O) groups is 1. The minimum absolute atomic E-state index is 0.252. The number of allylic oxidation sites excluding steroid dienone is 1. The first kappa shape index (κ1) is 17.0. The van der Waals surface area contributed by atoms with E-state index in [1.54, 1.807) is 12.1 Å². The van der Waals surface area contributed by atoms with E-state index in [9.17, 15) is 4.79 Å². The second-order valence-corrected chi connectivity index (χ2v) is 7.89. The first-order chi connectivity index (χ1) is 11.6. The van der Waals surface area contributed by atoms with Crippen molar-refractivity contribution >= 4 is 35.1 Å². The van der Waals surface area contributed by atoms with E-state index < -0.39 is 5.97 Å². The van der Waals surface area contributed by atoms with Gasteiger partial charge >= 0.3 is 5.97 Å². The number of carboxylic acids is 1. The van der Waals surface area contributed by atoms with Gasteiger partial charge < -0.3 is 9.84 Å². The van der Waals surface area contributed by atoms with E-state index in [1.807, 2.05) is 35.7 Å². The van der Waals surface area contributed by atoms with Crippen LogP contribution in [0, 0.1) is 0 Å². The van der Waals surface area contributed by atoms with Gasteiger partial charge in [0.05, 0.1) is 5.56 Å². The van der Waals surface area contributed by atoms with Gasteiger partial charge in [-0.25, -0.2) is 4.79 Å². The lowest BCUT2D eigenvalue weighted by Gasteiger charge is -2.16. The van der Waals surface area contributed by atoms with E-state index >= 15 is 0 Å². The summed E-state index contributed by atoms with van der Waals surface area (Å²) < 4.78 is 7.19. The zero-order valence-corrected chi connectivity index (χ0v) is 15.0. The van der Waals surface area contributed by atoms with Gasteiger partial charge in [-0.05, 0) is 72.4 Å². The number of rotatable bonds is 4. The molecule has 1 N–H and O–H groups in total. The molecule has 1 heterocycles. The van der Waals surface area contributed by atoms with Crippen LogP contribution in [0.4, 0.5) is 0 Å². The highest BCUT2D eigenvalue weighted by molar-refractivity contribution is 8.23. The summed E-state index contributed by atoms with van der Waals surface area (Å²) in [7, 11) is 0. The van der Waals surface area contributed by atoms with Gasteiger partial charge in [-0.3, -0.25) is 0 Å². The van der Waals surface area contributed by atoms with Crippen molar-refractivity contribution in [1.29, 1.82) is 0 Å². The van der Waals surface area contributed by atoms with Gasteiger partial charge in [0.15, 0.2) is 0 Å². The minimum atomic E-state index is -0.937. The molecule has 0 bridgehead atoms. The van der Waals surface area contributed by atoms with E-state index in [4.69, 9.17) is 9.84 Å². The highest BCUT2D eigenvalue weighted by Crippen LogP contribution is 2.40. The SMILES string of the molecule is CC(=C1SCCCS1)c1ccc(Oc2ccc(C(=O)O)cc2)cc1. The third-order valence-electron chi connectivity index (χ3n) is 3.69. The Morgan fingerprint density at radius 3 is 1.92 bits per heavy atom. The van der Waals surface area contributed by atoms with Crippen LogP contribution < -0.4 is 4.74 Å². The summed E-state index contributed by atoms with van der Waals surface area (Å²) in [6.45, 7) is 2.17. The van der Waals surface area contributed by atoms with Gasteiger partial charge in [0.25, 0.3) is 0 Å². The summed E-state index contributed by atoms with van der Waals surface area (Å²) in [4.78, 5) is 10.9. The Morgan fingerprint density at radius 2 is 1.42 bits per heavy atom. The molecular formula is C19H18O3S2. The Balaban J connectivity index is 1.71. The number of benzene rings is 2. The maximum atomic E-state index is 10.9. The van der Waals surface area contributed by atoms with Crippen molar-refractivity contribution in [3.8, 4) is 11.5 Å². The molecule has 124 valence electrons. The molecule has 1 fully saturated rings. The normalized spacial score (nSPS) is 14.3. The molecular weight excluding hydrogens is 340 g/mol. The van der Waals surface area contributed by atoms with Crippen molar-refractivity contribution in [3.63, 3.8) is 0 Å². The van der Waals surface area contributed by atoms with Crippen LogP contribution in [0.25, 0.3) is 5.57 Å². The summed E-state index contributed by atoms with van der Waals surface area (Å²) in [5.74, 6) is 2.83. The lowest BCUT2D eigenvalue weighted by Crippen LogP contribution is -1.95. The molecule has 24 heavy (non-hydrogen) atoms. The molecule has 2 aromatic rings. The quantitative estimate of drug-likeness (QED) is 0.755. The van der Waals surface area contributed by atoms with Crippen LogP contribution in [0.3, 0.4) is 0 Å². The van der Waals surface area contributed by atoms with E-state index in [0.717, 1.165) is 5.75 Å². The van der Waals surface area contributed by atoms with Crippen molar-refractivity contribution in [3.05, 3.63) is 63.9 Å². The fourth-order valence-corrected chi connectivity index (χ4v) is 4.97. The molecule has 1 saturated heterocycles. The zero-order valence-electron chi connectivity index (χ0n) is 13.3. The highest BCUT2D eigenvalue weighted by atomic mass is 32.2. The molecule has 1 aliphatic rings. The van der Waals surface area contributed by atoms with Crippen LogP contribution in [0.1, 0.15) is 29.3 Å². The molecule has 0 spiro atoms. The topological polar surface area (TPSA) is 46.5 Å². The van der Waals surface area contributed by atoms with Crippen LogP contribution in [-0.2, 0) is 0 Å². The lowest BCUT2D eigenvalue weighted by atomic mass is 10.1. The van der Waals surface area contributed by atoms with E-state index in [1.165, 1.54) is 45.4 Å². The second-order valence-electron chi connectivity index (χ2n) is 5.42. The Hall–Kier alpha value is -1.85. The van der Waals surface area contributed by atoms with Gasteiger partial charge in [-0.2, -0.15) is 0 Å². The number of hydrogen-bond acceptors (Lipinski definition) is 4. The van der Waals surface area contributed by atoms with Crippen LogP contribution in [-0.4, -0.2) is 22.6 Å². The number of aromatic carboxylic acids is 1. The van der Waals surface area contributed by atoms with Gasteiger partial charge in [0, 0.05) is 4.24 Å². The van der Waals surface area contributed by atoms with Gasteiger partial charge in [-0.1, -0.05) is 12.1 Å². The molecule has 0 unspecified atom stereocenters. The Labute approximate surface area is 150 Å². The molecule has 3 rings (SSSR count). The average Bonchev–Trinajstić information content (AvgIpc) is 2.63. The van der Waals surface area contributed by atoms with Crippen molar-refractivity contribution in [2.75, 3.05) is 11.5 Å². The predicted octanol–water partition coefficient (Wildman–Crippen LogP) is 5.74. The van der Waals surface area contributed by atoms with Gasteiger partial charge in [0.1, 0.15) is 11.5 Å². The summed E-state index contributed by atoms with van der Waals surface area (Å²) in [5, 5.41) is 8.91. The third kappa shape index (κ3) is 4.16. The van der Waals surface area contributed by atoms with Crippen molar-refractivity contribution in [1.82, 2.24) is 0 Å². The zero-order chi connectivity index (χ0) is 16.9. The van der Waals surface area contributed by atoms with Crippen LogP contribution >= 0.6 is 23.5 Å². The summed E-state index contributed by atoms with van der Waals surface area (Å²) in [6, 6.07) is 14.4. The lowest BCUT2D eigenvalue weighted by molar-refractivity contribution is 0.0697. The Kier molecular flexibility index (Phi) is 5.53. The number of carboxylic acid groups (broad SMARTS) is 1. The second kappa shape index (κ2) is 7.81. The Bertz CT molecular complexity index is 741. The molecule has 3 nitrogen and oxygen atoms in total. The summed E-state index contributed by atoms with van der Waals surface area (Å²) >= 11 is 3.88. The number of ether oxygens (including phenoxy) is 1. The molecule has 0 amide bonds. The van der Waals surface area contributed by atoms with Crippen LogP contribution in [0.2, 0.25) is 0 Å². The van der Waals surface area contributed by atoms with E-state index in [0.29, 0.717) is 5.75 Å². The monoisotopic (exact) mass is 358 g/mol. The largest absolute Gasteiger partial charge is 0.478 e. The van der Waals surface area contributed by atoms with Crippen molar-refractivity contribution in [2.24, 2.45) is 0 Å². The fourth-order valence-electron chi connectivity index (χ4n) is 2.34. The van der Waals surface area contributed by atoms with E-state index in [2.05, 4.69) is 19.1 Å². The number of hydrogen-bond donors (Lipinski definition) is 1. The smallest absolute Gasteiger partial charge is 0.335 e. The third-order valence-corrected chi connectivity index (χ3v) is 6.51. The fraction of sp³-hybridized carbons (Fsp3) is 0.211. The summed E-state index contributed by atoms with van der Waals surface area (Å²) in [6.07, 6.45) is 1.28. The molecule has 0 aliphatic carbocycles. The maximum absolute atomic E-state index is 10.9. The molecule has 2 aromatic carbocycles. The van der Waals surface area contributed by atoms with E-state index in [-0.39, 0.29) is 5.56 Å². The standard InChI is InChI=1S/C19H18O3S2/c1-13(19-23-11-2-12-24-19)14-3-7-16(8-4-14)22-17-9-5-15(6-10-17)18(20)21/h3-10H,2,11-12H2,1H3,(H,20,21). The molecule has 0 radical (unpaired) electrons. The molecule has 5 heteroatoms. The molecule has 0 saturated carbocycles. The van der Waals surface area contributed by atoms with Crippen LogP contribution in [0.5, 0.6) is 11.5 Å². The predicted molar refractivity (Wildman–Crippen MR) is 102 cm³/mol. The van der Waals surface area contributed by atoms with Crippen molar-refractivity contribution in [2.45, 2.75) is 13.3 Å². The molecule has 1 aliphatic heterocycles. The van der Waals surface area contributed by atoms with Crippen molar-refractivity contribution < 1.29 is 14.6 Å². The Morgan fingerprint density at radius 1 is 0.917 bits per heavy atom. The molecule has 0 aromatic heterocycles. The van der Waals surface area contributed by atoms with Gasteiger partial charge in [-0.15, -0.1) is 23.5 Å². The first-order valence-corrected chi connectivity index (χ1v) is 9.69. The molecule has 0 atom stereocenters.